The average molecular weight is 381 g/mol. The van der Waals surface area contributed by atoms with Crippen LogP contribution in [-0.2, 0) is 6.42 Å². The van der Waals surface area contributed by atoms with E-state index in [1.54, 1.807) is 11.8 Å². The summed E-state index contributed by atoms with van der Waals surface area (Å²) in [5, 5.41) is 6.35. The summed E-state index contributed by atoms with van der Waals surface area (Å²) in [5.41, 5.74) is 2.40. The van der Waals surface area contributed by atoms with Crippen LogP contribution in [0.1, 0.15) is 33.5 Å². The Balaban J connectivity index is 1.54. The monoisotopic (exact) mass is 381 g/mol. The number of fused-ring (bicyclic) bond motifs is 2. The molecule has 5 rings (SSSR count). The Morgan fingerprint density at radius 3 is 2.50 bits per heavy atom. The molecule has 2 aromatic rings. The first-order valence-electron chi connectivity index (χ1n) is 9.57. The molecule has 28 heavy (non-hydrogen) atoms. The minimum Gasteiger partial charge on any atom is -0.497 e. The number of ketones is 1. The fourth-order valence-corrected chi connectivity index (χ4v) is 4.84. The van der Waals surface area contributed by atoms with E-state index in [1.807, 2.05) is 34.2 Å². The highest BCUT2D eigenvalue weighted by molar-refractivity contribution is 6.02. The Hall–Kier alpha value is -2.71. The Labute approximate surface area is 162 Å². The molecule has 2 unspecified atom stereocenters. The van der Waals surface area contributed by atoms with E-state index in [2.05, 4.69) is 5.10 Å². The van der Waals surface area contributed by atoms with Crippen LogP contribution in [0.5, 0.6) is 5.75 Å². The molecular weight excluding hydrogens is 358 g/mol. The third-order valence-corrected chi connectivity index (χ3v) is 6.24. The summed E-state index contributed by atoms with van der Waals surface area (Å²) in [6.45, 7) is 3.80. The van der Waals surface area contributed by atoms with E-state index in [4.69, 9.17) is 10.6 Å². The van der Waals surface area contributed by atoms with Crippen molar-refractivity contribution in [3.8, 4) is 11.4 Å². The van der Waals surface area contributed by atoms with Gasteiger partial charge in [-0.2, -0.15) is 5.10 Å². The van der Waals surface area contributed by atoms with Crippen molar-refractivity contribution in [1.82, 2.24) is 19.7 Å². The molecule has 2 aliphatic heterocycles. The van der Waals surface area contributed by atoms with Crippen LogP contribution in [0.25, 0.3) is 5.69 Å². The van der Waals surface area contributed by atoms with E-state index < -0.39 is 0 Å². The number of Topliss-reactive ketones (excluding diaryl/α,β-unsaturated/α-hetero) is 1. The van der Waals surface area contributed by atoms with Gasteiger partial charge in [0, 0.05) is 38.2 Å². The van der Waals surface area contributed by atoms with Gasteiger partial charge >= 0.3 is 0 Å². The van der Waals surface area contributed by atoms with Gasteiger partial charge in [0.1, 0.15) is 17.1 Å². The zero-order valence-electron chi connectivity index (χ0n) is 16.0. The second kappa shape index (κ2) is 6.15. The standard InChI is InChI=1S/C20H23N5O3/c1-11(26)17-14-7-8-24(18-15-9-23(21)10-16(15)18)20(27)19(14)25(22-17)12-3-5-13(28-2)6-4-12/h3-6,15-16,18H,7-10,21H2,1-2H3. The summed E-state index contributed by atoms with van der Waals surface area (Å²) in [7, 11) is 1.61. The highest BCUT2D eigenvalue weighted by atomic mass is 16.5. The minimum atomic E-state index is -0.119. The molecule has 1 amide bonds. The lowest BCUT2D eigenvalue weighted by molar-refractivity contribution is 0.0682. The van der Waals surface area contributed by atoms with Crippen LogP contribution in [0.2, 0.25) is 0 Å². The molecule has 0 bridgehead atoms. The first-order valence-corrected chi connectivity index (χ1v) is 9.57. The van der Waals surface area contributed by atoms with Crippen LogP contribution < -0.4 is 10.6 Å². The Morgan fingerprint density at radius 2 is 1.89 bits per heavy atom. The molecule has 0 radical (unpaired) electrons. The summed E-state index contributed by atoms with van der Waals surface area (Å²) in [4.78, 5) is 27.6. The predicted molar refractivity (Wildman–Crippen MR) is 101 cm³/mol. The zero-order chi connectivity index (χ0) is 19.6. The normalized spacial score (nSPS) is 26.2. The van der Waals surface area contributed by atoms with Crippen molar-refractivity contribution in [2.45, 2.75) is 19.4 Å². The molecule has 1 aromatic carbocycles. The van der Waals surface area contributed by atoms with Gasteiger partial charge in [0.25, 0.3) is 5.91 Å². The maximum atomic E-state index is 13.4. The van der Waals surface area contributed by atoms with Gasteiger partial charge in [-0.05, 0) is 42.5 Å². The minimum absolute atomic E-state index is 0.0416. The van der Waals surface area contributed by atoms with E-state index in [0.717, 1.165) is 30.1 Å². The summed E-state index contributed by atoms with van der Waals surface area (Å²) in [6.07, 6.45) is 0.647. The number of methoxy groups -OCH3 is 1. The lowest BCUT2D eigenvalue weighted by atomic mass is 10.0. The smallest absolute Gasteiger partial charge is 0.273 e. The van der Waals surface area contributed by atoms with E-state index in [0.29, 0.717) is 36.2 Å². The number of rotatable bonds is 4. The van der Waals surface area contributed by atoms with E-state index >= 15 is 0 Å². The van der Waals surface area contributed by atoms with Crippen LogP contribution in [-0.4, -0.2) is 64.2 Å². The Morgan fingerprint density at radius 1 is 1.21 bits per heavy atom. The number of piperidine rings is 1. The number of hydrazine groups is 1. The molecule has 2 N–H and O–H groups in total. The molecule has 2 atom stereocenters. The number of ether oxygens (including phenoxy) is 1. The van der Waals surface area contributed by atoms with Gasteiger partial charge in [-0.1, -0.05) is 0 Å². The molecule has 0 spiro atoms. The summed E-state index contributed by atoms with van der Waals surface area (Å²) >= 11 is 0. The summed E-state index contributed by atoms with van der Waals surface area (Å²) < 4.78 is 6.84. The van der Waals surface area contributed by atoms with Crippen molar-refractivity contribution in [2.75, 3.05) is 26.7 Å². The average Bonchev–Trinajstić information content (AvgIpc) is 3.04. The molecule has 3 heterocycles. The van der Waals surface area contributed by atoms with Crippen molar-refractivity contribution in [3.05, 3.63) is 41.2 Å². The van der Waals surface area contributed by atoms with Crippen molar-refractivity contribution in [2.24, 2.45) is 17.7 Å². The van der Waals surface area contributed by atoms with Crippen LogP contribution >= 0.6 is 0 Å². The van der Waals surface area contributed by atoms with Crippen molar-refractivity contribution in [1.29, 1.82) is 0 Å². The van der Waals surface area contributed by atoms with Crippen LogP contribution in [0, 0.1) is 11.8 Å². The topological polar surface area (TPSA) is 93.7 Å². The fourth-order valence-electron chi connectivity index (χ4n) is 4.84. The van der Waals surface area contributed by atoms with Crippen molar-refractivity contribution >= 4 is 11.7 Å². The van der Waals surface area contributed by atoms with Crippen LogP contribution in [0.4, 0.5) is 0 Å². The fraction of sp³-hybridized carbons (Fsp3) is 0.450. The van der Waals surface area contributed by atoms with E-state index in [9.17, 15) is 9.59 Å². The number of carbonyl (C=O) groups excluding carboxylic acids is 2. The Bertz CT molecular complexity index is 955. The third-order valence-electron chi connectivity index (χ3n) is 6.24. The van der Waals surface area contributed by atoms with Gasteiger partial charge in [0.2, 0.25) is 0 Å². The number of nitrogens with zero attached hydrogens (tertiary/aromatic N) is 4. The number of hydrogen-bond acceptors (Lipinski definition) is 6. The lowest BCUT2D eigenvalue weighted by Gasteiger charge is -2.30. The number of hydrogen-bond donors (Lipinski definition) is 1. The molecule has 3 aliphatic rings. The maximum absolute atomic E-state index is 13.4. The number of amides is 1. The van der Waals surface area contributed by atoms with E-state index in [1.165, 1.54) is 6.92 Å². The van der Waals surface area contributed by atoms with Gasteiger partial charge in [0.15, 0.2) is 5.78 Å². The molecule has 2 fully saturated rings. The molecule has 1 saturated carbocycles. The Kier molecular flexibility index (Phi) is 3.82. The number of benzene rings is 1. The van der Waals surface area contributed by atoms with E-state index in [-0.39, 0.29) is 17.7 Å². The molecule has 8 heteroatoms. The molecule has 146 valence electrons. The molecule has 8 nitrogen and oxygen atoms in total. The number of carbonyl (C=O) groups is 2. The van der Waals surface area contributed by atoms with Crippen LogP contribution in [0.15, 0.2) is 24.3 Å². The molecule has 1 aromatic heterocycles. The third kappa shape index (κ3) is 2.48. The molecule has 1 saturated heterocycles. The van der Waals surface area contributed by atoms with Crippen molar-refractivity contribution in [3.63, 3.8) is 0 Å². The van der Waals surface area contributed by atoms with Crippen LogP contribution in [0.3, 0.4) is 0 Å². The summed E-state index contributed by atoms with van der Waals surface area (Å²) in [6, 6.07) is 7.59. The number of nitrogens with two attached hydrogens (primary N) is 1. The molecule has 1 aliphatic carbocycles. The lowest BCUT2D eigenvalue weighted by Crippen LogP contribution is -2.44. The first-order chi connectivity index (χ1) is 13.5. The largest absolute Gasteiger partial charge is 0.497 e. The number of aromatic nitrogens is 2. The second-order valence-electron chi connectivity index (χ2n) is 7.86. The van der Waals surface area contributed by atoms with Gasteiger partial charge in [-0.25, -0.2) is 9.69 Å². The quantitative estimate of drug-likeness (QED) is 0.624. The van der Waals surface area contributed by atoms with Gasteiger partial charge < -0.3 is 9.64 Å². The van der Waals surface area contributed by atoms with Gasteiger partial charge in [0.05, 0.1) is 12.8 Å². The molecular formula is C20H23N5O3. The van der Waals surface area contributed by atoms with Gasteiger partial charge in [-0.15, -0.1) is 0 Å². The first kappa shape index (κ1) is 17.4. The zero-order valence-corrected chi connectivity index (χ0v) is 16.0. The maximum Gasteiger partial charge on any atom is 0.273 e. The summed E-state index contributed by atoms with van der Waals surface area (Å²) in [5.74, 6) is 7.37. The predicted octanol–water partition coefficient (Wildman–Crippen LogP) is 0.886. The second-order valence-corrected chi connectivity index (χ2v) is 7.86. The van der Waals surface area contributed by atoms with Crippen molar-refractivity contribution < 1.29 is 14.3 Å². The van der Waals surface area contributed by atoms with Gasteiger partial charge in [-0.3, -0.25) is 15.4 Å². The highest BCUT2D eigenvalue weighted by Gasteiger charge is 2.59. The highest BCUT2D eigenvalue weighted by Crippen LogP contribution is 2.49. The SMILES string of the molecule is COc1ccc(-n2nc(C(C)=O)c3c2C(=O)N(C2C4CN(N)CC42)CC3)cc1.